The van der Waals surface area contributed by atoms with E-state index in [0.29, 0.717) is 0 Å². The van der Waals surface area contributed by atoms with E-state index >= 15 is 0 Å². The number of hydrogen-bond acceptors (Lipinski definition) is 3. The van der Waals surface area contributed by atoms with Gasteiger partial charge in [-0.3, -0.25) is 0 Å². The van der Waals surface area contributed by atoms with Crippen LogP contribution in [0.15, 0.2) is 60.0 Å². The van der Waals surface area contributed by atoms with Crippen molar-refractivity contribution in [1.82, 2.24) is 4.98 Å². The van der Waals surface area contributed by atoms with Crippen molar-refractivity contribution in [2.75, 3.05) is 0 Å². The number of alkyl halides is 1. The minimum absolute atomic E-state index is 0.334. The second-order valence-corrected chi connectivity index (χ2v) is 6.06. The van der Waals surface area contributed by atoms with Crippen molar-refractivity contribution in [3.05, 3.63) is 60.0 Å². The van der Waals surface area contributed by atoms with Gasteiger partial charge in [0, 0.05) is 16.5 Å². The molecule has 0 radical (unpaired) electrons. The number of rotatable bonds is 4. The van der Waals surface area contributed by atoms with E-state index in [1.165, 1.54) is 0 Å². The van der Waals surface area contributed by atoms with Gasteiger partial charge in [0.1, 0.15) is 10.8 Å². The molecule has 0 spiro atoms. The molecule has 0 aliphatic carbocycles. The molecule has 1 unspecified atom stereocenters. The molecule has 0 amide bonds. The lowest BCUT2D eigenvalue weighted by atomic mass is 10.1. The zero-order valence-electron chi connectivity index (χ0n) is 11.5. The molecule has 21 heavy (non-hydrogen) atoms. The van der Waals surface area contributed by atoms with Crippen molar-refractivity contribution in [3.63, 3.8) is 0 Å². The summed E-state index contributed by atoms with van der Waals surface area (Å²) in [7, 11) is 0. The van der Waals surface area contributed by atoms with Crippen LogP contribution in [-0.2, 0) is 0 Å². The van der Waals surface area contributed by atoms with Crippen molar-refractivity contribution in [1.29, 1.82) is 0 Å². The summed E-state index contributed by atoms with van der Waals surface area (Å²) >= 11 is 7.46. The van der Waals surface area contributed by atoms with Crippen LogP contribution in [0.3, 0.4) is 0 Å². The Labute approximate surface area is 133 Å². The predicted molar refractivity (Wildman–Crippen MR) is 88.9 cm³/mol. The van der Waals surface area contributed by atoms with E-state index in [4.69, 9.17) is 21.3 Å². The second kappa shape index (κ2) is 6.29. The Hall–Kier alpha value is -1.84. The van der Waals surface area contributed by atoms with Crippen LogP contribution in [-0.4, -0.2) is 10.5 Å². The Morgan fingerprint density at radius 3 is 2.38 bits per heavy atom. The molecule has 0 aliphatic rings. The summed E-state index contributed by atoms with van der Waals surface area (Å²) in [6.45, 7) is 1.79. The molecule has 0 saturated carbocycles. The first-order valence-electron chi connectivity index (χ1n) is 6.64. The maximum absolute atomic E-state index is 5.81. The van der Waals surface area contributed by atoms with Crippen molar-refractivity contribution in [3.8, 4) is 27.6 Å². The lowest BCUT2D eigenvalue weighted by Crippen LogP contribution is -2.01. The lowest BCUT2D eigenvalue weighted by Gasteiger charge is -2.07. The fraction of sp³-hybridized carbons (Fsp3) is 0.118. The summed E-state index contributed by atoms with van der Waals surface area (Å²) in [6.07, 6.45) is 0. The van der Waals surface area contributed by atoms with Crippen LogP contribution in [0.4, 0.5) is 0 Å². The molecule has 1 aromatic heterocycles. The van der Waals surface area contributed by atoms with Gasteiger partial charge < -0.3 is 4.74 Å². The Kier molecular flexibility index (Phi) is 4.23. The van der Waals surface area contributed by atoms with Crippen LogP contribution in [0, 0.1) is 0 Å². The van der Waals surface area contributed by atoms with E-state index in [1.807, 2.05) is 42.5 Å². The molecule has 4 heteroatoms. The highest BCUT2D eigenvalue weighted by molar-refractivity contribution is 7.13. The summed E-state index contributed by atoms with van der Waals surface area (Å²) < 4.78 is 5.43. The topological polar surface area (TPSA) is 22.1 Å². The minimum atomic E-state index is -0.334. The molecular formula is C17H14ClNOS. The van der Waals surface area contributed by atoms with E-state index < -0.39 is 0 Å². The normalized spacial score (nSPS) is 12.1. The number of halogens is 1. The van der Waals surface area contributed by atoms with Gasteiger partial charge in [-0.25, -0.2) is 4.98 Å². The largest absolute Gasteiger partial charge is 0.475 e. The van der Waals surface area contributed by atoms with Crippen LogP contribution in [0.5, 0.6) is 5.75 Å². The maximum Gasteiger partial charge on any atom is 0.169 e. The van der Waals surface area contributed by atoms with E-state index in [0.717, 1.165) is 27.6 Å². The van der Waals surface area contributed by atoms with E-state index in [9.17, 15) is 0 Å². The standard InChI is InChI=1S/C17H14ClNOS/c1-12(18)20-15-9-7-13(8-10-15)16-11-21-17(19-16)14-5-3-2-4-6-14/h2-12H,1H3. The molecule has 2 aromatic carbocycles. The first kappa shape index (κ1) is 14.1. The zero-order valence-corrected chi connectivity index (χ0v) is 13.1. The van der Waals surface area contributed by atoms with Gasteiger partial charge in [0.25, 0.3) is 0 Å². The average molecular weight is 316 g/mol. The molecule has 0 N–H and O–H groups in total. The Balaban J connectivity index is 1.83. The Morgan fingerprint density at radius 1 is 1.00 bits per heavy atom. The first-order valence-corrected chi connectivity index (χ1v) is 7.96. The van der Waals surface area contributed by atoms with Gasteiger partial charge in [-0.2, -0.15) is 0 Å². The molecule has 1 atom stereocenters. The third-order valence-corrected chi connectivity index (χ3v) is 3.95. The van der Waals surface area contributed by atoms with Crippen LogP contribution in [0.25, 0.3) is 21.8 Å². The van der Waals surface area contributed by atoms with E-state index in [2.05, 4.69) is 17.5 Å². The average Bonchev–Trinajstić information content (AvgIpc) is 2.98. The predicted octanol–water partition coefficient (Wildman–Crippen LogP) is 5.44. The first-order chi connectivity index (χ1) is 10.2. The maximum atomic E-state index is 5.81. The quantitative estimate of drug-likeness (QED) is 0.598. The van der Waals surface area contributed by atoms with Crippen LogP contribution >= 0.6 is 22.9 Å². The Bertz CT molecular complexity index is 707. The number of ether oxygens (including phenoxy) is 1. The highest BCUT2D eigenvalue weighted by Crippen LogP contribution is 2.29. The van der Waals surface area contributed by atoms with Gasteiger partial charge in [-0.15, -0.1) is 11.3 Å². The summed E-state index contributed by atoms with van der Waals surface area (Å²) in [4.78, 5) is 4.69. The van der Waals surface area contributed by atoms with Crippen molar-refractivity contribution in [2.45, 2.75) is 12.5 Å². The molecule has 0 saturated heterocycles. The van der Waals surface area contributed by atoms with E-state index in [1.54, 1.807) is 18.3 Å². The molecule has 3 rings (SSSR count). The third kappa shape index (κ3) is 3.43. The van der Waals surface area contributed by atoms with Crippen molar-refractivity contribution < 1.29 is 4.74 Å². The van der Waals surface area contributed by atoms with Gasteiger partial charge in [0.05, 0.1) is 5.69 Å². The van der Waals surface area contributed by atoms with Crippen LogP contribution in [0.2, 0.25) is 0 Å². The molecule has 0 fully saturated rings. The fourth-order valence-corrected chi connectivity index (χ4v) is 2.95. The highest BCUT2D eigenvalue weighted by atomic mass is 35.5. The second-order valence-electron chi connectivity index (χ2n) is 4.59. The molecule has 106 valence electrons. The minimum Gasteiger partial charge on any atom is -0.475 e. The number of nitrogens with zero attached hydrogens (tertiary/aromatic N) is 1. The molecule has 0 bridgehead atoms. The van der Waals surface area contributed by atoms with Crippen molar-refractivity contribution >= 4 is 22.9 Å². The van der Waals surface area contributed by atoms with E-state index in [-0.39, 0.29) is 5.56 Å². The summed E-state index contributed by atoms with van der Waals surface area (Å²) in [5, 5.41) is 3.10. The summed E-state index contributed by atoms with van der Waals surface area (Å²) in [5.74, 6) is 0.764. The smallest absolute Gasteiger partial charge is 0.169 e. The summed E-state index contributed by atoms with van der Waals surface area (Å²) in [6, 6.07) is 18.0. The highest BCUT2D eigenvalue weighted by Gasteiger charge is 2.07. The molecule has 2 nitrogen and oxygen atoms in total. The van der Waals surface area contributed by atoms with Gasteiger partial charge in [0.2, 0.25) is 0 Å². The van der Waals surface area contributed by atoms with Crippen LogP contribution < -0.4 is 4.74 Å². The molecule has 1 heterocycles. The summed E-state index contributed by atoms with van der Waals surface area (Å²) in [5.41, 5.74) is 2.86. The molecule has 3 aromatic rings. The van der Waals surface area contributed by atoms with Gasteiger partial charge in [0.15, 0.2) is 5.56 Å². The van der Waals surface area contributed by atoms with Crippen molar-refractivity contribution in [2.24, 2.45) is 0 Å². The SMILES string of the molecule is CC(Cl)Oc1ccc(-c2csc(-c3ccccc3)n2)cc1. The Morgan fingerprint density at radius 2 is 1.71 bits per heavy atom. The number of thiazole rings is 1. The molecular weight excluding hydrogens is 302 g/mol. The third-order valence-electron chi connectivity index (χ3n) is 2.97. The number of hydrogen-bond donors (Lipinski definition) is 0. The fourth-order valence-electron chi connectivity index (χ4n) is 2.01. The number of benzene rings is 2. The van der Waals surface area contributed by atoms with Gasteiger partial charge >= 0.3 is 0 Å². The van der Waals surface area contributed by atoms with Gasteiger partial charge in [-0.05, 0) is 31.2 Å². The zero-order chi connectivity index (χ0) is 14.7. The van der Waals surface area contributed by atoms with Crippen LogP contribution in [0.1, 0.15) is 6.92 Å². The van der Waals surface area contributed by atoms with Gasteiger partial charge in [-0.1, -0.05) is 41.9 Å². The lowest BCUT2D eigenvalue weighted by molar-refractivity contribution is 0.301. The monoisotopic (exact) mass is 315 g/mol. The molecule has 0 aliphatic heterocycles. The number of aromatic nitrogens is 1.